The number of hydrogen-bond donors (Lipinski definition) is 0. The van der Waals surface area contributed by atoms with Gasteiger partial charge in [0.2, 0.25) is 0 Å². The number of piperazine rings is 1. The molecule has 1 fully saturated rings. The van der Waals surface area contributed by atoms with Crippen LogP contribution in [0.4, 0.5) is 20.2 Å². The second-order valence-corrected chi connectivity index (χ2v) is 9.61. The molecule has 182 valence electrons. The summed E-state index contributed by atoms with van der Waals surface area (Å²) in [6.45, 7) is 5.74. The molecule has 35 heavy (non-hydrogen) atoms. The number of carbonyl (C=O) groups is 1. The Kier molecular flexibility index (Phi) is 7.35. The summed E-state index contributed by atoms with van der Waals surface area (Å²) in [5.74, 6) is -1.39. The normalized spacial score (nSPS) is 15.8. The minimum atomic E-state index is -0.577. The van der Waals surface area contributed by atoms with Gasteiger partial charge in [0.25, 0.3) is 11.6 Å². The first-order valence-corrected chi connectivity index (χ1v) is 12.2. The lowest BCUT2D eigenvalue weighted by Gasteiger charge is -2.41. The topological polar surface area (TPSA) is 66.7 Å². The third-order valence-corrected chi connectivity index (χ3v) is 7.15. The fraction of sp³-hybridized carbons (Fsp3) is 0.269. The first kappa shape index (κ1) is 24.7. The van der Waals surface area contributed by atoms with E-state index in [1.165, 1.54) is 17.7 Å². The molecule has 0 N–H and O–H groups in total. The molecular weight excluding hydrogens is 472 g/mol. The van der Waals surface area contributed by atoms with Gasteiger partial charge in [-0.2, -0.15) is 0 Å². The van der Waals surface area contributed by atoms with E-state index < -0.39 is 16.6 Å². The molecule has 1 aliphatic heterocycles. The van der Waals surface area contributed by atoms with Crippen LogP contribution in [0.25, 0.3) is 0 Å². The minimum absolute atomic E-state index is 0.0240. The molecule has 1 saturated heterocycles. The molecule has 1 amide bonds. The number of anilines is 1. The van der Waals surface area contributed by atoms with Gasteiger partial charge in [-0.05, 0) is 61.9 Å². The number of nitro benzene ring substituents is 1. The maximum Gasteiger partial charge on any atom is 0.283 e. The van der Waals surface area contributed by atoms with Crippen LogP contribution in [0.3, 0.4) is 0 Å². The summed E-state index contributed by atoms with van der Waals surface area (Å²) < 4.78 is 27.4. The average Bonchev–Trinajstić information content (AvgIpc) is 2.84. The van der Waals surface area contributed by atoms with Crippen molar-refractivity contribution in [3.8, 4) is 0 Å². The highest BCUT2D eigenvalue weighted by atomic mass is 32.2. The number of thioether (sulfide) groups is 1. The van der Waals surface area contributed by atoms with E-state index >= 15 is 0 Å². The number of aryl methyl sites for hydroxylation is 1. The Morgan fingerprint density at radius 3 is 2.63 bits per heavy atom. The first-order chi connectivity index (χ1) is 16.7. The smallest absolute Gasteiger partial charge is 0.283 e. The molecule has 0 aliphatic carbocycles. The Bertz CT molecular complexity index is 1270. The number of carbonyl (C=O) groups excluding carboxylic acids is 1. The Hall–Kier alpha value is -3.46. The molecule has 9 heteroatoms. The number of hydrogen-bond acceptors (Lipinski definition) is 5. The number of benzene rings is 3. The Morgan fingerprint density at radius 2 is 1.91 bits per heavy atom. The Balaban J connectivity index is 1.48. The molecule has 0 unspecified atom stereocenters. The van der Waals surface area contributed by atoms with Gasteiger partial charge in [-0.3, -0.25) is 14.9 Å². The molecule has 3 aromatic rings. The zero-order valence-electron chi connectivity index (χ0n) is 19.4. The summed E-state index contributed by atoms with van der Waals surface area (Å²) in [5.41, 5.74) is 2.39. The second-order valence-electron chi connectivity index (χ2n) is 8.60. The molecule has 6 nitrogen and oxygen atoms in total. The summed E-state index contributed by atoms with van der Waals surface area (Å²) in [4.78, 5) is 28.6. The third-order valence-electron chi connectivity index (χ3n) is 6.04. The summed E-state index contributed by atoms with van der Waals surface area (Å²) in [6.07, 6.45) is 0. The summed E-state index contributed by atoms with van der Waals surface area (Å²) in [6, 6.07) is 15.7. The fourth-order valence-electron chi connectivity index (χ4n) is 4.24. The van der Waals surface area contributed by atoms with Crippen molar-refractivity contribution in [3.05, 3.63) is 99.1 Å². The van der Waals surface area contributed by atoms with Gasteiger partial charge >= 0.3 is 0 Å². The van der Waals surface area contributed by atoms with E-state index in [0.29, 0.717) is 19.6 Å². The number of nitro groups is 1. The van der Waals surface area contributed by atoms with E-state index in [4.69, 9.17) is 0 Å². The predicted molar refractivity (Wildman–Crippen MR) is 133 cm³/mol. The van der Waals surface area contributed by atoms with Crippen LogP contribution in [0.2, 0.25) is 0 Å². The summed E-state index contributed by atoms with van der Waals surface area (Å²) in [5, 5.41) is 11.7. The Morgan fingerprint density at radius 1 is 1.11 bits per heavy atom. The largest absolute Gasteiger partial charge is 0.365 e. The van der Waals surface area contributed by atoms with Crippen molar-refractivity contribution in [1.82, 2.24) is 4.90 Å². The van der Waals surface area contributed by atoms with E-state index in [9.17, 15) is 23.7 Å². The van der Waals surface area contributed by atoms with Crippen LogP contribution in [0.5, 0.6) is 0 Å². The van der Waals surface area contributed by atoms with Crippen LogP contribution in [-0.4, -0.2) is 41.4 Å². The molecule has 3 aromatic carbocycles. The number of amides is 1. The third kappa shape index (κ3) is 5.62. The van der Waals surface area contributed by atoms with Crippen LogP contribution >= 0.6 is 11.8 Å². The molecular formula is C26H25F2N3O3S. The van der Waals surface area contributed by atoms with E-state index in [1.807, 2.05) is 19.1 Å². The second kappa shape index (κ2) is 10.4. The molecule has 1 heterocycles. The first-order valence-electron chi connectivity index (χ1n) is 11.2. The van der Waals surface area contributed by atoms with Crippen molar-refractivity contribution < 1.29 is 18.5 Å². The van der Waals surface area contributed by atoms with Crippen molar-refractivity contribution in [3.63, 3.8) is 0 Å². The van der Waals surface area contributed by atoms with Crippen LogP contribution in [0.1, 0.15) is 28.4 Å². The maximum atomic E-state index is 13.9. The minimum Gasteiger partial charge on any atom is -0.365 e. The van der Waals surface area contributed by atoms with E-state index in [2.05, 4.69) is 24.0 Å². The number of halogens is 2. The summed E-state index contributed by atoms with van der Waals surface area (Å²) in [7, 11) is 0. The molecule has 1 aliphatic rings. The molecule has 0 bridgehead atoms. The molecule has 4 rings (SSSR count). The van der Waals surface area contributed by atoms with Crippen LogP contribution in [-0.2, 0) is 5.75 Å². The van der Waals surface area contributed by atoms with Crippen molar-refractivity contribution in [1.29, 1.82) is 0 Å². The van der Waals surface area contributed by atoms with Crippen molar-refractivity contribution in [2.45, 2.75) is 30.5 Å². The van der Waals surface area contributed by atoms with E-state index in [0.717, 1.165) is 35.6 Å². The fourth-order valence-corrected chi connectivity index (χ4v) is 5.22. The van der Waals surface area contributed by atoms with Crippen LogP contribution in [0, 0.1) is 28.7 Å². The van der Waals surface area contributed by atoms with Crippen molar-refractivity contribution >= 4 is 29.0 Å². The predicted octanol–water partition coefficient (Wildman–Crippen LogP) is 5.82. The number of rotatable bonds is 6. The monoisotopic (exact) mass is 497 g/mol. The van der Waals surface area contributed by atoms with Crippen LogP contribution in [0.15, 0.2) is 65.6 Å². The highest BCUT2D eigenvalue weighted by Gasteiger charge is 2.29. The maximum absolute atomic E-state index is 13.9. The quantitative estimate of drug-likeness (QED) is 0.244. The van der Waals surface area contributed by atoms with Crippen LogP contribution < -0.4 is 4.90 Å². The van der Waals surface area contributed by atoms with Gasteiger partial charge in [-0.1, -0.05) is 12.1 Å². The lowest BCUT2D eigenvalue weighted by Crippen LogP contribution is -2.53. The number of nitrogens with zero attached hydrogens (tertiary/aromatic N) is 3. The van der Waals surface area contributed by atoms with E-state index in [1.54, 1.807) is 11.0 Å². The van der Waals surface area contributed by atoms with Gasteiger partial charge in [0, 0.05) is 54.3 Å². The SMILES string of the molecule is Cc1cccc(N2CCN(C(=O)c3ccc(SCc4cc(F)ccc4F)c([N+](=O)[O-])c3)C[C@H]2C)c1. The average molecular weight is 498 g/mol. The lowest BCUT2D eigenvalue weighted by atomic mass is 10.1. The summed E-state index contributed by atoms with van der Waals surface area (Å²) >= 11 is 1.03. The van der Waals surface area contributed by atoms with Gasteiger partial charge < -0.3 is 9.80 Å². The highest BCUT2D eigenvalue weighted by Crippen LogP contribution is 2.33. The van der Waals surface area contributed by atoms with Crippen molar-refractivity contribution in [2.24, 2.45) is 0 Å². The van der Waals surface area contributed by atoms with Gasteiger partial charge in [-0.15, -0.1) is 11.8 Å². The molecule has 0 radical (unpaired) electrons. The molecule has 0 aromatic heterocycles. The molecule has 1 atom stereocenters. The lowest BCUT2D eigenvalue weighted by molar-refractivity contribution is -0.387. The van der Waals surface area contributed by atoms with Gasteiger partial charge in [0.1, 0.15) is 11.6 Å². The highest BCUT2D eigenvalue weighted by molar-refractivity contribution is 7.98. The van der Waals surface area contributed by atoms with E-state index in [-0.39, 0.29) is 39.4 Å². The standard InChI is InChI=1S/C26H25F2N3O3S/c1-17-4-3-5-22(12-17)30-11-10-29(15-18(30)2)26(32)19-6-9-25(24(14-19)31(33)34)35-16-20-13-21(27)7-8-23(20)28/h3-9,12-14,18H,10-11,15-16H2,1-2H3/t18-/m1/s1. The van der Waals surface area contributed by atoms with Crippen molar-refractivity contribution in [2.75, 3.05) is 24.5 Å². The van der Waals surface area contributed by atoms with Gasteiger partial charge in [-0.25, -0.2) is 8.78 Å². The van der Waals surface area contributed by atoms with Gasteiger partial charge in [0.15, 0.2) is 0 Å². The zero-order chi connectivity index (χ0) is 25.1. The Labute approximate surface area is 206 Å². The molecule has 0 saturated carbocycles. The van der Waals surface area contributed by atoms with Gasteiger partial charge in [0.05, 0.1) is 9.82 Å². The zero-order valence-corrected chi connectivity index (χ0v) is 20.2. The molecule has 0 spiro atoms.